The van der Waals surface area contributed by atoms with E-state index >= 15 is 0 Å². The number of anilines is 2. The van der Waals surface area contributed by atoms with Crippen LogP contribution in [-0.4, -0.2) is 10.0 Å². The molecule has 2 rings (SSSR count). The SMILES string of the molecule is N#Cc1ccc(N/C(=C/[N+](=O)[O-])Nc2ccccc2Br)c(O)c1. The first-order valence-electron chi connectivity index (χ1n) is 6.36. The molecule has 0 aliphatic heterocycles. The van der Waals surface area contributed by atoms with Crippen LogP contribution in [0, 0.1) is 21.4 Å². The molecule has 0 saturated heterocycles. The summed E-state index contributed by atoms with van der Waals surface area (Å²) in [6.07, 6.45) is 0.747. The first-order valence-corrected chi connectivity index (χ1v) is 7.16. The third-order valence-electron chi connectivity index (χ3n) is 2.77. The largest absolute Gasteiger partial charge is 0.506 e. The minimum atomic E-state index is -0.618. The van der Waals surface area contributed by atoms with Crippen molar-refractivity contribution in [2.75, 3.05) is 10.6 Å². The Bertz CT molecular complexity index is 815. The smallest absolute Gasteiger partial charge is 0.274 e. The van der Waals surface area contributed by atoms with E-state index in [1.54, 1.807) is 18.2 Å². The number of hydrogen-bond acceptors (Lipinski definition) is 6. The maximum absolute atomic E-state index is 10.8. The second-order valence-corrected chi connectivity index (χ2v) is 5.26. The fourth-order valence-corrected chi connectivity index (χ4v) is 2.14. The van der Waals surface area contributed by atoms with E-state index in [4.69, 9.17) is 5.26 Å². The predicted molar refractivity (Wildman–Crippen MR) is 89.3 cm³/mol. The van der Waals surface area contributed by atoms with Crippen LogP contribution >= 0.6 is 15.9 Å². The van der Waals surface area contributed by atoms with Crippen LogP contribution in [0.15, 0.2) is 59.0 Å². The Morgan fingerprint density at radius 1 is 1.26 bits per heavy atom. The van der Waals surface area contributed by atoms with Crippen molar-refractivity contribution >= 4 is 27.3 Å². The molecule has 0 heterocycles. The third kappa shape index (κ3) is 4.46. The molecule has 0 amide bonds. The summed E-state index contributed by atoms with van der Waals surface area (Å²) < 4.78 is 0.722. The topological polar surface area (TPSA) is 111 Å². The molecule has 0 aliphatic rings. The zero-order valence-electron chi connectivity index (χ0n) is 11.7. The molecule has 0 atom stereocenters. The van der Waals surface area contributed by atoms with Crippen molar-refractivity contribution < 1.29 is 10.0 Å². The van der Waals surface area contributed by atoms with Crippen molar-refractivity contribution in [2.24, 2.45) is 0 Å². The van der Waals surface area contributed by atoms with Crippen LogP contribution in [0.25, 0.3) is 0 Å². The number of aromatic hydroxyl groups is 1. The minimum Gasteiger partial charge on any atom is -0.506 e. The maximum atomic E-state index is 10.8. The van der Waals surface area contributed by atoms with Gasteiger partial charge in [-0.3, -0.25) is 10.1 Å². The molecule has 0 aliphatic carbocycles. The van der Waals surface area contributed by atoms with E-state index in [2.05, 4.69) is 26.6 Å². The van der Waals surface area contributed by atoms with Gasteiger partial charge in [0.05, 0.1) is 27.9 Å². The highest BCUT2D eigenvalue weighted by Crippen LogP contribution is 2.27. The van der Waals surface area contributed by atoms with E-state index in [0.29, 0.717) is 5.69 Å². The Balaban J connectivity index is 2.29. The molecule has 23 heavy (non-hydrogen) atoms. The monoisotopic (exact) mass is 374 g/mol. The molecule has 3 N–H and O–H groups in total. The number of para-hydroxylation sites is 1. The van der Waals surface area contributed by atoms with Crippen molar-refractivity contribution in [1.29, 1.82) is 5.26 Å². The second kappa shape index (κ2) is 7.29. The number of nitriles is 1. The Kier molecular flexibility index (Phi) is 5.17. The zero-order chi connectivity index (χ0) is 16.8. The van der Waals surface area contributed by atoms with Crippen LogP contribution in [0.4, 0.5) is 11.4 Å². The molecule has 0 unspecified atom stereocenters. The minimum absolute atomic E-state index is 0.0573. The number of phenolic OH excluding ortho intramolecular Hbond substituents is 1. The molecule has 0 fully saturated rings. The fraction of sp³-hybridized carbons (Fsp3) is 0. The average molecular weight is 375 g/mol. The summed E-state index contributed by atoms with van der Waals surface area (Å²) >= 11 is 3.34. The van der Waals surface area contributed by atoms with E-state index in [9.17, 15) is 15.2 Å². The summed E-state index contributed by atoms with van der Waals surface area (Å²) in [7, 11) is 0. The predicted octanol–water partition coefficient (Wildman–Crippen LogP) is 3.63. The summed E-state index contributed by atoms with van der Waals surface area (Å²) in [5.74, 6) is -0.130. The summed E-state index contributed by atoms with van der Waals surface area (Å²) in [6, 6.07) is 13.2. The normalized spacial score (nSPS) is 10.7. The van der Waals surface area contributed by atoms with Gasteiger partial charge in [0.15, 0.2) is 5.82 Å². The van der Waals surface area contributed by atoms with Gasteiger partial charge in [-0.15, -0.1) is 0 Å². The van der Waals surface area contributed by atoms with Crippen LogP contribution in [-0.2, 0) is 0 Å². The molecule has 0 saturated carbocycles. The van der Waals surface area contributed by atoms with Crippen LogP contribution in [0.1, 0.15) is 5.56 Å². The average Bonchev–Trinajstić information content (AvgIpc) is 2.51. The maximum Gasteiger partial charge on any atom is 0.274 e. The zero-order valence-corrected chi connectivity index (χ0v) is 13.2. The first-order chi connectivity index (χ1) is 11.0. The second-order valence-electron chi connectivity index (χ2n) is 4.40. The standard InChI is InChI=1S/C15H11BrN4O3/c16-11-3-1-2-4-12(11)18-15(9-20(22)23)19-13-6-5-10(8-17)7-14(13)21/h1-7,9,18-19,21H/b15-9+. The van der Waals surface area contributed by atoms with Crippen molar-refractivity contribution in [3.05, 3.63) is 74.6 Å². The Morgan fingerprint density at radius 2 is 1.96 bits per heavy atom. The molecule has 8 heteroatoms. The van der Waals surface area contributed by atoms with Crippen molar-refractivity contribution in [1.82, 2.24) is 0 Å². The van der Waals surface area contributed by atoms with Crippen LogP contribution < -0.4 is 10.6 Å². The molecule has 2 aromatic carbocycles. The highest BCUT2D eigenvalue weighted by molar-refractivity contribution is 9.10. The highest BCUT2D eigenvalue weighted by Gasteiger charge is 2.10. The molecular formula is C15H11BrN4O3. The lowest BCUT2D eigenvalue weighted by Gasteiger charge is -2.13. The molecule has 0 bridgehead atoms. The first kappa shape index (κ1) is 16.3. The van der Waals surface area contributed by atoms with Gasteiger partial charge >= 0.3 is 0 Å². The number of nitrogens with one attached hydrogen (secondary N) is 2. The van der Waals surface area contributed by atoms with Gasteiger partial charge in [0.2, 0.25) is 0 Å². The molecule has 0 radical (unpaired) electrons. The van der Waals surface area contributed by atoms with Crippen molar-refractivity contribution in [2.45, 2.75) is 0 Å². The number of benzene rings is 2. The lowest BCUT2D eigenvalue weighted by molar-refractivity contribution is -0.403. The van der Waals surface area contributed by atoms with Gasteiger partial charge in [-0.05, 0) is 46.3 Å². The van der Waals surface area contributed by atoms with E-state index in [0.717, 1.165) is 10.7 Å². The summed E-state index contributed by atoms with van der Waals surface area (Å²) in [4.78, 5) is 10.2. The number of phenols is 1. The van der Waals surface area contributed by atoms with Gasteiger partial charge in [0, 0.05) is 4.47 Å². The van der Waals surface area contributed by atoms with Gasteiger partial charge in [0.25, 0.3) is 6.20 Å². The Hall–Kier alpha value is -3.05. The Labute approximate surface area is 140 Å². The van der Waals surface area contributed by atoms with Gasteiger partial charge in [-0.2, -0.15) is 5.26 Å². The lowest BCUT2D eigenvalue weighted by Crippen LogP contribution is -2.12. The molecule has 7 nitrogen and oxygen atoms in total. The lowest BCUT2D eigenvalue weighted by atomic mass is 10.2. The van der Waals surface area contributed by atoms with E-state index in [1.807, 2.05) is 12.1 Å². The van der Waals surface area contributed by atoms with Gasteiger partial charge in [-0.1, -0.05) is 12.1 Å². The van der Waals surface area contributed by atoms with Gasteiger partial charge in [0.1, 0.15) is 5.75 Å². The van der Waals surface area contributed by atoms with Crippen molar-refractivity contribution in [3.63, 3.8) is 0 Å². The summed E-state index contributed by atoms with van der Waals surface area (Å²) in [5.41, 5.74) is 1.13. The molecule has 0 spiro atoms. The fourth-order valence-electron chi connectivity index (χ4n) is 1.76. The van der Waals surface area contributed by atoms with Crippen LogP contribution in [0.2, 0.25) is 0 Å². The number of nitrogens with zero attached hydrogens (tertiary/aromatic N) is 2. The van der Waals surface area contributed by atoms with Crippen LogP contribution in [0.5, 0.6) is 5.75 Å². The molecular weight excluding hydrogens is 364 g/mol. The number of hydrogen-bond donors (Lipinski definition) is 3. The number of nitro groups is 1. The van der Waals surface area contributed by atoms with Crippen LogP contribution in [0.3, 0.4) is 0 Å². The summed E-state index contributed by atoms with van der Waals surface area (Å²) in [5, 5.41) is 35.1. The summed E-state index contributed by atoms with van der Waals surface area (Å²) in [6.45, 7) is 0. The molecule has 0 aromatic heterocycles. The molecule has 2 aromatic rings. The Morgan fingerprint density at radius 3 is 2.57 bits per heavy atom. The number of halogens is 1. The van der Waals surface area contributed by atoms with Gasteiger partial charge in [-0.25, -0.2) is 0 Å². The highest BCUT2D eigenvalue weighted by atomic mass is 79.9. The van der Waals surface area contributed by atoms with E-state index < -0.39 is 4.92 Å². The third-order valence-corrected chi connectivity index (χ3v) is 3.47. The molecule has 116 valence electrons. The number of rotatable bonds is 5. The quantitative estimate of drug-likeness (QED) is 0.418. The van der Waals surface area contributed by atoms with E-state index in [1.165, 1.54) is 18.2 Å². The van der Waals surface area contributed by atoms with Crippen molar-refractivity contribution in [3.8, 4) is 11.8 Å². The van der Waals surface area contributed by atoms with E-state index in [-0.39, 0.29) is 22.8 Å². The van der Waals surface area contributed by atoms with Gasteiger partial charge < -0.3 is 15.7 Å².